The van der Waals surface area contributed by atoms with Crippen molar-refractivity contribution < 1.29 is 46.2 Å². The SMILES string of the molecule is OC[C@H]1O[C@H](Cc2cc(C3CCNCC3)on2)[C@H](OCC(F)F)[C@@H](n2cc(-c3cc(F)c(F)c(F)c3)nn2)[C@H]1O. The molecule has 2 saturated heterocycles. The first-order valence-corrected chi connectivity index (χ1v) is 12.8. The van der Waals surface area contributed by atoms with E-state index in [0.29, 0.717) is 11.5 Å². The average Bonchev–Trinajstić information content (AvgIpc) is 3.62. The minimum absolute atomic E-state index is 0.0397. The lowest BCUT2D eigenvalue weighted by Crippen LogP contribution is -2.57. The van der Waals surface area contributed by atoms with E-state index in [1.165, 1.54) is 6.20 Å². The molecule has 1 aromatic carbocycles. The van der Waals surface area contributed by atoms with Crippen LogP contribution < -0.4 is 5.32 Å². The number of piperidine rings is 1. The number of alkyl halides is 2. The van der Waals surface area contributed by atoms with Gasteiger partial charge in [0.2, 0.25) is 0 Å². The summed E-state index contributed by atoms with van der Waals surface area (Å²) in [6.45, 7) is 0.0626. The normalized spacial score (nSPS) is 26.1. The van der Waals surface area contributed by atoms with Gasteiger partial charge in [0.15, 0.2) is 17.5 Å². The Bertz CT molecular complexity index is 1260. The molecule has 0 amide bonds. The third-order valence-corrected chi connectivity index (χ3v) is 7.20. The average molecular weight is 574 g/mol. The van der Waals surface area contributed by atoms with Crippen LogP contribution in [0, 0.1) is 17.5 Å². The van der Waals surface area contributed by atoms with Gasteiger partial charge in [0.1, 0.15) is 42.4 Å². The highest BCUT2D eigenvalue weighted by atomic mass is 19.3. The first kappa shape index (κ1) is 28.5. The zero-order valence-electron chi connectivity index (χ0n) is 21.1. The van der Waals surface area contributed by atoms with Crippen molar-refractivity contribution in [1.29, 1.82) is 0 Å². The number of nitrogens with one attached hydrogen (secondary N) is 1. The molecule has 0 saturated carbocycles. The summed E-state index contributed by atoms with van der Waals surface area (Å²) >= 11 is 0. The second kappa shape index (κ2) is 12.3. The number of hydrogen-bond donors (Lipinski definition) is 3. The second-order valence-corrected chi connectivity index (χ2v) is 9.85. The summed E-state index contributed by atoms with van der Waals surface area (Å²) in [6, 6.07) is 2.01. The Balaban J connectivity index is 1.44. The molecule has 15 heteroatoms. The number of ether oxygens (including phenoxy) is 2. The zero-order chi connectivity index (χ0) is 28.4. The van der Waals surface area contributed by atoms with Crippen LogP contribution in [-0.4, -0.2) is 87.5 Å². The van der Waals surface area contributed by atoms with Gasteiger partial charge in [-0.15, -0.1) is 5.10 Å². The fraction of sp³-hybridized carbons (Fsp3) is 0.560. The molecule has 2 fully saturated rings. The Morgan fingerprint density at radius 1 is 1.10 bits per heavy atom. The van der Waals surface area contributed by atoms with Gasteiger partial charge < -0.3 is 29.5 Å². The van der Waals surface area contributed by atoms with Crippen molar-refractivity contribution in [2.24, 2.45) is 0 Å². The highest BCUT2D eigenvalue weighted by Gasteiger charge is 2.48. The highest BCUT2D eigenvalue weighted by molar-refractivity contribution is 5.57. The summed E-state index contributed by atoms with van der Waals surface area (Å²) in [5.74, 6) is -3.67. The van der Waals surface area contributed by atoms with Crippen molar-refractivity contribution in [2.75, 3.05) is 26.3 Å². The molecule has 0 bridgehead atoms. The third-order valence-electron chi connectivity index (χ3n) is 7.20. The predicted molar refractivity (Wildman–Crippen MR) is 127 cm³/mol. The Hall–Kier alpha value is -2.98. The first-order valence-electron chi connectivity index (χ1n) is 12.8. The number of aromatic nitrogens is 4. The molecule has 2 aromatic heterocycles. The van der Waals surface area contributed by atoms with Crippen LogP contribution in [0.2, 0.25) is 0 Å². The summed E-state index contributed by atoms with van der Waals surface area (Å²) < 4.78 is 85.5. The Labute approximate surface area is 225 Å². The summed E-state index contributed by atoms with van der Waals surface area (Å²) in [7, 11) is 0. The Morgan fingerprint density at radius 2 is 1.82 bits per heavy atom. The molecule has 4 heterocycles. The van der Waals surface area contributed by atoms with Gasteiger partial charge in [0.05, 0.1) is 24.6 Å². The Kier molecular flexibility index (Phi) is 8.75. The van der Waals surface area contributed by atoms with Gasteiger partial charge >= 0.3 is 0 Å². The van der Waals surface area contributed by atoms with Gasteiger partial charge in [0, 0.05) is 24.0 Å². The van der Waals surface area contributed by atoms with Crippen LogP contribution in [0.1, 0.15) is 36.3 Å². The topological polar surface area (TPSA) is 128 Å². The standard InChI is InChI=1S/C25H28F5N5O5/c26-15-5-13(6-16(27)22(15)30)17-9-35(34-32-17)23-24(37)20(10-36)39-19(25(23)38-11-21(28)29)8-14-7-18(40-33-14)12-1-3-31-4-2-12/h5-7,9,12,19-21,23-25,31,36-37H,1-4,8,10-11H2/t19-,20-,23+,24+,25+/m1/s1. The summed E-state index contributed by atoms with van der Waals surface area (Å²) in [6.07, 6.45) is -4.74. The van der Waals surface area contributed by atoms with E-state index in [0.717, 1.165) is 42.7 Å². The lowest BCUT2D eigenvalue weighted by atomic mass is 9.89. The lowest BCUT2D eigenvalue weighted by molar-refractivity contribution is -0.224. The highest BCUT2D eigenvalue weighted by Crippen LogP contribution is 2.35. The number of rotatable bonds is 9. The van der Waals surface area contributed by atoms with Crippen molar-refractivity contribution in [2.45, 2.75) is 62.1 Å². The van der Waals surface area contributed by atoms with E-state index in [-0.39, 0.29) is 23.6 Å². The van der Waals surface area contributed by atoms with Gasteiger partial charge in [-0.2, -0.15) is 0 Å². The van der Waals surface area contributed by atoms with Crippen LogP contribution in [0.15, 0.2) is 28.9 Å². The molecular weight excluding hydrogens is 545 g/mol. The summed E-state index contributed by atoms with van der Waals surface area (Å²) in [5.41, 5.74) is 0.245. The molecule has 0 spiro atoms. The van der Waals surface area contributed by atoms with Gasteiger partial charge in [-0.1, -0.05) is 10.4 Å². The number of aliphatic hydroxyl groups excluding tert-OH is 2. The number of benzene rings is 1. The van der Waals surface area contributed by atoms with Gasteiger partial charge in [-0.05, 0) is 38.1 Å². The lowest BCUT2D eigenvalue weighted by Gasteiger charge is -2.44. The van der Waals surface area contributed by atoms with Crippen molar-refractivity contribution in [3.63, 3.8) is 0 Å². The van der Waals surface area contributed by atoms with Crippen LogP contribution in [0.3, 0.4) is 0 Å². The number of nitrogens with zero attached hydrogens (tertiary/aromatic N) is 4. The molecular formula is C25H28F5N5O5. The van der Waals surface area contributed by atoms with Crippen LogP contribution >= 0.6 is 0 Å². The smallest absolute Gasteiger partial charge is 0.261 e. The molecule has 5 atom stereocenters. The molecule has 3 N–H and O–H groups in total. The predicted octanol–water partition coefficient (Wildman–Crippen LogP) is 2.37. The van der Waals surface area contributed by atoms with E-state index in [1.54, 1.807) is 6.07 Å². The molecule has 2 aliphatic heterocycles. The van der Waals surface area contributed by atoms with Gasteiger partial charge in [-0.25, -0.2) is 26.6 Å². The largest absolute Gasteiger partial charge is 0.394 e. The van der Waals surface area contributed by atoms with Crippen LogP contribution in [0.4, 0.5) is 22.0 Å². The molecule has 10 nitrogen and oxygen atoms in total. The molecule has 2 aliphatic rings. The van der Waals surface area contributed by atoms with E-state index in [9.17, 15) is 32.2 Å². The minimum atomic E-state index is -2.84. The fourth-order valence-corrected chi connectivity index (χ4v) is 5.22. The van der Waals surface area contributed by atoms with Crippen molar-refractivity contribution in [1.82, 2.24) is 25.5 Å². The van der Waals surface area contributed by atoms with Crippen LogP contribution in [-0.2, 0) is 15.9 Å². The number of aliphatic hydroxyl groups is 2. The second-order valence-electron chi connectivity index (χ2n) is 9.85. The van der Waals surface area contributed by atoms with Gasteiger partial charge in [0.25, 0.3) is 6.43 Å². The van der Waals surface area contributed by atoms with Crippen molar-refractivity contribution in [3.05, 3.63) is 53.3 Å². The summed E-state index contributed by atoms with van der Waals surface area (Å²) in [5, 5.41) is 36.1. The number of halogens is 5. The molecule has 5 rings (SSSR count). The third kappa shape index (κ3) is 6.02. The quantitative estimate of drug-likeness (QED) is 0.261. The Morgan fingerprint density at radius 3 is 2.50 bits per heavy atom. The maximum Gasteiger partial charge on any atom is 0.261 e. The van der Waals surface area contributed by atoms with E-state index in [1.807, 2.05) is 0 Å². The monoisotopic (exact) mass is 573 g/mol. The minimum Gasteiger partial charge on any atom is -0.394 e. The van der Waals surface area contributed by atoms with Crippen molar-refractivity contribution >= 4 is 0 Å². The molecule has 218 valence electrons. The van der Waals surface area contributed by atoms with Crippen molar-refractivity contribution in [3.8, 4) is 11.3 Å². The fourth-order valence-electron chi connectivity index (χ4n) is 5.22. The number of hydrogen-bond acceptors (Lipinski definition) is 9. The van der Waals surface area contributed by atoms with E-state index >= 15 is 0 Å². The summed E-state index contributed by atoms with van der Waals surface area (Å²) in [4.78, 5) is 0. The van der Waals surface area contributed by atoms with Gasteiger partial charge in [-0.3, -0.25) is 0 Å². The zero-order valence-corrected chi connectivity index (χ0v) is 21.1. The molecule has 0 aliphatic carbocycles. The van der Waals surface area contributed by atoms with Crippen LogP contribution in [0.5, 0.6) is 0 Å². The molecule has 0 unspecified atom stereocenters. The molecule has 40 heavy (non-hydrogen) atoms. The van der Waals surface area contributed by atoms with E-state index in [4.69, 9.17) is 14.0 Å². The molecule has 0 radical (unpaired) electrons. The van der Waals surface area contributed by atoms with E-state index < -0.39 is 67.5 Å². The maximum absolute atomic E-state index is 13.8. The maximum atomic E-state index is 13.8. The first-order chi connectivity index (χ1) is 19.2. The van der Waals surface area contributed by atoms with Crippen LogP contribution in [0.25, 0.3) is 11.3 Å². The van der Waals surface area contributed by atoms with E-state index in [2.05, 4.69) is 20.8 Å². The molecule has 3 aromatic rings.